The smallest absolute Gasteiger partial charge is 0.305 e. The summed E-state index contributed by atoms with van der Waals surface area (Å²) in [5, 5.41) is 4.15. The molecule has 3 aromatic carbocycles. The fraction of sp³-hybridized carbons (Fsp3) is 0.258. The molecule has 196 valence electrons. The van der Waals surface area contributed by atoms with E-state index in [0.717, 1.165) is 16.8 Å². The normalized spacial score (nSPS) is 11.8. The molecule has 1 atom stereocenters. The number of hydrogen-bond acceptors (Lipinski definition) is 4. The highest BCUT2D eigenvalue weighted by molar-refractivity contribution is 5.98. The van der Waals surface area contributed by atoms with Crippen LogP contribution in [-0.4, -0.2) is 23.6 Å². The number of aryl methyl sites for hydroxylation is 1. The third-order valence-electron chi connectivity index (χ3n) is 6.65. The van der Waals surface area contributed by atoms with Crippen molar-refractivity contribution in [2.24, 2.45) is 0 Å². The lowest BCUT2D eigenvalue weighted by atomic mass is 10.0. The van der Waals surface area contributed by atoms with Crippen LogP contribution < -0.4 is 10.9 Å². The Morgan fingerprint density at radius 1 is 0.974 bits per heavy atom. The van der Waals surface area contributed by atoms with Crippen molar-refractivity contribution in [2.75, 3.05) is 7.11 Å². The molecule has 0 saturated carbocycles. The van der Waals surface area contributed by atoms with Gasteiger partial charge in [0.1, 0.15) is 5.82 Å². The number of rotatable bonds is 10. The molecule has 1 N–H and O–H groups in total. The van der Waals surface area contributed by atoms with Crippen LogP contribution in [0.1, 0.15) is 59.4 Å². The number of carbonyl (C=O) groups excluding carboxylic acids is 2. The topological polar surface area (TPSA) is 77.4 Å². The van der Waals surface area contributed by atoms with Gasteiger partial charge in [0.2, 0.25) is 0 Å². The average Bonchev–Trinajstić information content (AvgIpc) is 2.93. The molecule has 7 heteroatoms. The molecule has 0 saturated heterocycles. The lowest BCUT2D eigenvalue weighted by molar-refractivity contribution is -0.140. The van der Waals surface area contributed by atoms with Gasteiger partial charge in [-0.15, -0.1) is 0 Å². The van der Waals surface area contributed by atoms with E-state index in [1.54, 1.807) is 34.9 Å². The summed E-state index contributed by atoms with van der Waals surface area (Å²) >= 11 is 0. The Kier molecular flexibility index (Phi) is 8.69. The summed E-state index contributed by atoms with van der Waals surface area (Å²) in [5.41, 5.74) is 2.95. The quantitative estimate of drug-likeness (QED) is 0.222. The zero-order valence-corrected chi connectivity index (χ0v) is 21.6. The van der Waals surface area contributed by atoms with Gasteiger partial charge < -0.3 is 14.6 Å². The highest BCUT2D eigenvalue weighted by Gasteiger charge is 2.15. The first kappa shape index (κ1) is 26.8. The number of ether oxygens (including phenoxy) is 1. The molecule has 0 spiro atoms. The van der Waals surface area contributed by atoms with E-state index in [9.17, 15) is 18.8 Å². The van der Waals surface area contributed by atoms with Gasteiger partial charge in [0, 0.05) is 23.1 Å². The molecule has 0 fully saturated rings. The molecule has 1 heterocycles. The molecular formula is C31H31FN2O4. The Balaban J connectivity index is 1.62. The van der Waals surface area contributed by atoms with Gasteiger partial charge in [-0.3, -0.25) is 14.4 Å². The van der Waals surface area contributed by atoms with Gasteiger partial charge in [-0.25, -0.2) is 4.39 Å². The maximum Gasteiger partial charge on any atom is 0.305 e. The Labute approximate surface area is 221 Å². The van der Waals surface area contributed by atoms with Gasteiger partial charge >= 0.3 is 5.97 Å². The van der Waals surface area contributed by atoms with E-state index in [1.807, 2.05) is 43.3 Å². The number of halogens is 1. The van der Waals surface area contributed by atoms with Crippen molar-refractivity contribution in [3.05, 3.63) is 117 Å². The molecule has 0 aliphatic carbocycles. The van der Waals surface area contributed by atoms with E-state index in [2.05, 4.69) is 5.32 Å². The molecule has 1 aromatic heterocycles. The predicted molar refractivity (Wildman–Crippen MR) is 146 cm³/mol. The minimum Gasteiger partial charge on any atom is -0.469 e. The van der Waals surface area contributed by atoms with E-state index in [0.29, 0.717) is 48.6 Å². The van der Waals surface area contributed by atoms with Gasteiger partial charge in [-0.2, -0.15) is 0 Å². The number of aromatic nitrogens is 1. The van der Waals surface area contributed by atoms with E-state index < -0.39 is 0 Å². The monoisotopic (exact) mass is 514 g/mol. The van der Waals surface area contributed by atoms with Crippen molar-refractivity contribution in [3.8, 4) is 0 Å². The first-order valence-corrected chi connectivity index (χ1v) is 12.7. The number of pyridine rings is 1. The van der Waals surface area contributed by atoms with Crippen LogP contribution in [0.2, 0.25) is 0 Å². The summed E-state index contributed by atoms with van der Waals surface area (Å²) < 4.78 is 19.8. The van der Waals surface area contributed by atoms with Gasteiger partial charge in [0.05, 0.1) is 19.7 Å². The molecule has 0 aliphatic heterocycles. The lowest BCUT2D eigenvalue weighted by Crippen LogP contribution is -2.27. The zero-order chi connectivity index (χ0) is 27.1. The van der Waals surface area contributed by atoms with Crippen molar-refractivity contribution >= 4 is 22.6 Å². The van der Waals surface area contributed by atoms with Crippen molar-refractivity contribution < 1.29 is 18.7 Å². The number of carbonyl (C=O) groups is 2. The largest absolute Gasteiger partial charge is 0.469 e. The minimum absolute atomic E-state index is 0.124. The maximum atomic E-state index is 13.6. The second-order valence-corrected chi connectivity index (χ2v) is 9.34. The van der Waals surface area contributed by atoms with Gasteiger partial charge in [-0.1, -0.05) is 42.5 Å². The Morgan fingerprint density at radius 3 is 2.42 bits per heavy atom. The van der Waals surface area contributed by atoms with E-state index in [4.69, 9.17) is 4.74 Å². The third kappa shape index (κ3) is 6.54. The summed E-state index contributed by atoms with van der Waals surface area (Å²) in [6.45, 7) is 2.26. The second kappa shape index (κ2) is 12.3. The van der Waals surface area contributed by atoms with Crippen LogP contribution in [-0.2, 0) is 22.5 Å². The van der Waals surface area contributed by atoms with Gasteiger partial charge in [-0.05, 0) is 79.1 Å². The summed E-state index contributed by atoms with van der Waals surface area (Å²) in [4.78, 5) is 38.1. The molecule has 1 amide bonds. The lowest BCUT2D eigenvalue weighted by Gasteiger charge is -2.17. The average molecular weight is 515 g/mol. The SMILES string of the molecule is COC(=O)CCCCc1cc2cc(C(=O)NC(C)c3ccc(F)cc3)ccc2c(=O)n1Cc1ccccc1. The first-order chi connectivity index (χ1) is 18.4. The number of nitrogens with one attached hydrogen (secondary N) is 1. The number of unbranched alkanes of at least 4 members (excludes halogenated alkanes) is 1. The summed E-state index contributed by atoms with van der Waals surface area (Å²) in [6.07, 6.45) is 2.29. The van der Waals surface area contributed by atoms with Crippen molar-refractivity contribution in [1.82, 2.24) is 9.88 Å². The van der Waals surface area contributed by atoms with Crippen LogP contribution in [0.5, 0.6) is 0 Å². The van der Waals surface area contributed by atoms with E-state index in [-0.39, 0.29) is 29.3 Å². The Morgan fingerprint density at radius 2 is 1.71 bits per heavy atom. The van der Waals surface area contributed by atoms with Gasteiger partial charge in [0.25, 0.3) is 11.5 Å². The second-order valence-electron chi connectivity index (χ2n) is 9.34. The Bertz CT molecular complexity index is 1480. The highest BCUT2D eigenvalue weighted by Crippen LogP contribution is 2.20. The van der Waals surface area contributed by atoms with Crippen LogP contribution in [0.4, 0.5) is 4.39 Å². The first-order valence-electron chi connectivity index (χ1n) is 12.7. The molecule has 4 rings (SSSR count). The number of methoxy groups -OCH3 is 1. The summed E-state index contributed by atoms with van der Waals surface area (Å²) in [6, 6.07) is 22.5. The van der Waals surface area contributed by atoms with Crippen molar-refractivity contribution in [2.45, 2.75) is 45.2 Å². The summed E-state index contributed by atoms with van der Waals surface area (Å²) in [5.74, 6) is -0.867. The van der Waals surface area contributed by atoms with Crippen molar-refractivity contribution in [3.63, 3.8) is 0 Å². The van der Waals surface area contributed by atoms with Crippen LogP contribution >= 0.6 is 0 Å². The molecule has 1 unspecified atom stereocenters. The highest BCUT2D eigenvalue weighted by atomic mass is 19.1. The number of esters is 1. The summed E-state index contributed by atoms with van der Waals surface area (Å²) in [7, 11) is 1.37. The minimum atomic E-state index is -0.333. The third-order valence-corrected chi connectivity index (χ3v) is 6.65. The molecule has 0 aliphatic rings. The predicted octanol–water partition coefficient (Wildman–Crippen LogP) is 5.57. The molecule has 38 heavy (non-hydrogen) atoms. The molecule has 0 bridgehead atoms. The number of benzene rings is 3. The molecule has 0 radical (unpaired) electrons. The van der Waals surface area contributed by atoms with Crippen molar-refractivity contribution in [1.29, 1.82) is 0 Å². The number of hydrogen-bond donors (Lipinski definition) is 1. The van der Waals surface area contributed by atoms with Crippen LogP contribution in [0.15, 0.2) is 83.7 Å². The Hall–Kier alpha value is -4.26. The van der Waals surface area contributed by atoms with Crippen LogP contribution in [0.3, 0.4) is 0 Å². The standard InChI is InChI=1S/C31H31FN2O4/c1-21(23-12-15-26(32)16-13-23)33-30(36)24-14-17-28-25(18-24)19-27(10-6-7-11-29(35)38-2)34(31(28)37)20-22-8-4-3-5-9-22/h3-5,8-9,12-19,21H,6-7,10-11,20H2,1-2H3,(H,33,36). The molecule has 4 aromatic rings. The van der Waals surface area contributed by atoms with Crippen LogP contribution in [0.25, 0.3) is 10.8 Å². The number of nitrogens with zero attached hydrogens (tertiary/aromatic N) is 1. The van der Waals surface area contributed by atoms with E-state index >= 15 is 0 Å². The van der Waals surface area contributed by atoms with E-state index in [1.165, 1.54) is 19.2 Å². The fourth-order valence-corrected chi connectivity index (χ4v) is 4.49. The fourth-order valence-electron chi connectivity index (χ4n) is 4.49. The molecular weight excluding hydrogens is 483 g/mol. The van der Waals surface area contributed by atoms with Crippen LogP contribution in [0, 0.1) is 5.82 Å². The molecule has 6 nitrogen and oxygen atoms in total. The maximum absolute atomic E-state index is 13.6. The number of amides is 1. The van der Waals surface area contributed by atoms with Gasteiger partial charge in [0.15, 0.2) is 0 Å². The zero-order valence-electron chi connectivity index (χ0n) is 21.6. The number of fused-ring (bicyclic) bond motifs is 1.